The summed E-state index contributed by atoms with van der Waals surface area (Å²) in [6.07, 6.45) is 0. The number of benzene rings is 7. The first-order chi connectivity index (χ1) is 23.3. The van der Waals surface area contributed by atoms with Crippen molar-refractivity contribution in [3.05, 3.63) is 170 Å². The molecule has 4 heteroatoms. The van der Waals surface area contributed by atoms with E-state index in [1.54, 1.807) is 0 Å². The molecule has 7 aromatic carbocycles. The van der Waals surface area contributed by atoms with Crippen LogP contribution >= 0.6 is 0 Å². The fourth-order valence-corrected chi connectivity index (χ4v) is 6.43. The highest BCUT2D eigenvalue weighted by atomic mass is 16.4. The van der Waals surface area contributed by atoms with Crippen molar-refractivity contribution in [1.29, 1.82) is 0 Å². The Bertz CT molecular complexity index is 2500. The molecular weight excluding hydrogens is 576 g/mol. The number of hydrogen-bond donors (Lipinski definition) is 0. The van der Waals surface area contributed by atoms with Gasteiger partial charge in [-0.3, -0.25) is 0 Å². The van der Waals surface area contributed by atoms with Crippen LogP contribution in [-0.4, -0.2) is 4.98 Å². The Morgan fingerprint density at radius 3 is 1.74 bits per heavy atom. The maximum Gasteiger partial charge on any atom is 0.227 e. The van der Waals surface area contributed by atoms with Gasteiger partial charge in [-0.2, -0.15) is 0 Å². The fourth-order valence-electron chi connectivity index (χ4n) is 6.43. The highest BCUT2D eigenvalue weighted by Crippen LogP contribution is 2.44. The van der Waals surface area contributed by atoms with Crippen molar-refractivity contribution in [2.24, 2.45) is 0 Å². The molecule has 0 radical (unpaired) electrons. The number of nitrogens with zero attached hydrogens (tertiary/aromatic N) is 2. The monoisotopic (exact) mass is 604 g/mol. The molecule has 0 aliphatic rings. The summed E-state index contributed by atoms with van der Waals surface area (Å²) in [5.74, 6) is 0.595. The second-order valence-electron chi connectivity index (χ2n) is 11.6. The molecular formula is C43H28N2O2. The minimum absolute atomic E-state index is 0.595. The van der Waals surface area contributed by atoms with Gasteiger partial charge >= 0.3 is 0 Å². The summed E-state index contributed by atoms with van der Waals surface area (Å²) < 4.78 is 12.6. The van der Waals surface area contributed by atoms with Gasteiger partial charge in [0.2, 0.25) is 5.89 Å². The van der Waals surface area contributed by atoms with Crippen LogP contribution in [0.3, 0.4) is 0 Å². The molecule has 0 N–H and O–H groups in total. The first-order valence-corrected chi connectivity index (χ1v) is 15.7. The maximum absolute atomic E-state index is 6.46. The number of anilines is 3. The number of hydrogen-bond acceptors (Lipinski definition) is 4. The molecule has 47 heavy (non-hydrogen) atoms. The van der Waals surface area contributed by atoms with Crippen molar-refractivity contribution in [3.63, 3.8) is 0 Å². The predicted octanol–water partition coefficient (Wildman–Crippen LogP) is 12.2. The summed E-state index contributed by atoms with van der Waals surface area (Å²) in [6, 6.07) is 58.7. The van der Waals surface area contributed by atoms with Gasteiger partial charge in [0.1, 0.15) is 16.7 Å². The molecule has 0 saturated heterocycles. The van der Waals surface area contributed by atoms with Crippen LogP contribution in [-0.2, 0) is 0 Å². The van der Waals surface area contributed by atoms with Crippen LogP contribution in [0.5, 0.6) is 0 Å². The van der Waals surface area contributed by atoms with Crippen molar-refractivity contribution in [3.8, 4) is 33.7 Å². The van der Waals surface area contributed by atoms with E-state index in [2.05, 4.69) is 120 Å². The molecule has 9 aromatic rings. The lowest BCUT2D eigenvalue weighted by molar-refractivity contribution is 0.617. The van der Waals surface area contributed by atoms with Gasteiger partial charge in [-0.1, -0.05) is 109 Å². The van der Waals surface area contributed by atoms with Crippen molar-refractivity contribution in [1.82, 2.24) is 4.98 Å². The van der Waals surface area contributed by atoms with Gasteiger partial charge in [-0.25, -0.2) is 4.98 Å². The van der Waals surface area contributed by atoms with Crippen LogP contribution in [0, 0.1) is 0 Å². The molecule has 0 aliphatic carbocycles. The summed E-state index contributed by atoms with van der Waals surface area (Å²) in [5.41, 5.74) is 11.8. The normalized spacial score (nSPS) is 11.4. The van der Waals surface area contributed by atoms with E-state index in [0.717, 1.165) is 61.2 Å². The third-order valence-corrected chi connectivity index (χ3v) is 8.69. The van der Waals surface area contributed by atoms with Crippen LogP contribution in [0.2, 0.25) is 0 Å². The minimum Gasteiger partial charge on any atom is -0.456 e. The second kappa shape index (κ2) is 11.2. The molecule has 0 atom stereocenters. The molecule has 0 fully saturated rings. The Morgan fingerprint density at radius 1 is 0.404 bits per heavy atom. The average molecular weight is 605 g/mol. The molecule has 9 rings (SSSR count). The zero-order chi connectivity index (χ0) is 31.2. The molecule has 0 unspecified atom stereocenters. The zero-order valence-electron chi connectivity index (χ0n) is 25.4. The van der Waals surface area contributed by atoms with E-state index in [9.17, 15) is 0 Å². The Morgan fingerprint density at radius 2 is 1.00 bits per heavy atom. The van der Waals surface area contributed by atoms with Crippen molar-refractivity contribution in [2.45, 2.75) is 0 Å². The zero-order valence-corrected chi connectivity index (χ0v) is 25.4. The first kappa shape index (κ1) is 27.0. The van der Waals surface area contributed by atoms with E-state index in [4.69, 9.17) is 13.8 Å². The summed E-state index contributed by atoms with van der Waals surface area (Å²) in [5, 5.41) is 2.01. The van der Waals surface area contributed by atoms with Crippen molar-refractivity contribution >= 4 is 50.1 Å². The van der Waals surface area contributed by atoms with E-state index in [1.807, 2.05) is 54.6 Å². The molecule has 2 heterocycles. The third kappa shape index (κ3) is 4.84. The highest BCUT2D eigenvalue weighted by molar-refractivity contribution is 6.15. The third-order valence-electron chi connectivity index (χ3n) is 8.69. The van der Waals surface area contributed by atoms with E-state index < -0.39 is 0 Å². The molecule has 4 nitrogen and oxygen atoms in total. The van der Waals surface area contributed by atoms with Gasteiger partial charge in [0.15, 0.2) is 5.58 Å². The van der Waals surface area contributed by atoms with E-state index >= 15 is 0 Å². The highest BCUT2D eigenvalue weighted by Gasteiger charge is 2.21. The van der Waals surface area contributed by atoms with Crippen LogP contribution in [0.25, 0.3) is 66.7 Å². The molecule has 0 bridgehead atoms. The Hall–Kier alpha value is -6.39. The SMILES string of the molecule is c1ccc(-c2ccc(-c3cccc(N(c4ccccc4)c4cccc5oc6cc7oc(-c8ccccc8)nc7cc6c45)c3)cc2)cc1. The number of furan rings is 1. The van der Waals surface area contributed by atoms with Gasteiger partial charge < -0.3 is 13.7 Å². The first-order valence-electron chi connectivity index (χ1n) is 15.7. The molecule has 0 amide bonds. The van der Waals surface area contributed by atoms with Gasteiger partial charge in [0, 0.05) is 28.4 Å². The minimum atomic E-state index is 0.595. The van der Waals surface area contributed by atoms with Crippen LogP contribution in [0.1, 0.15) is 0 Å². The van der Waals surface area contributed by atoms with Crippen molar-refractivity contribution < 1.29 is 8.83 Å². The number of rotatable bonds is 6. The summed E-state index contributed by atoms with van der Waals surface area (Å²) in [7, 11) is 0. The number of fused-ring (bicyclic) bond motifs is 4. The summed E-state index contributed by atoms with van der Waals surface area (Å²) >= 11 is 0. The molecule has 0 spiro atoms. The standard InChI is InChI=1S/C43H28N2O2/c1-4-12-29(13-5-1)30-22-24-31(25-23-30)33-16-10-19-35(26-33)45(34-17-8-3-9-18-34)38-20-11-21-39-42(38)36-27-37-41(28-40(36)46-39)47-43(44-37)32-14-6-2-7-15-32/h1-28H. The Balaban J connectivity index is 1.19. The lowest BCUT2D eigenvalue weighted by Gasteiger charge is -2.26. The number of oxazole rings is 1. The smallest absolute Gasteiger partial charge is 0.227 e. The molecule has 222 valence electrons. The van der Waals surface area contributed by atoms with Crippen LogP contribution in [0.4, 0.5) is 17.1 Å². The number of aromatic nitrogens is 1. The van der Waals surface area contributed by atoms with Gasteiger partial charge in [-0.15, -0.1) is 0 Å². The van der Waals surface area contributed by atoms with E-state index in [0.29, 0.717) is 11.5 Å². The topological polar surface area (TPSA) is 42.4 Å². The maximum atomic E-state index is 6.46. The van der Waals surface area contributed by atoms with E-state index in [-0.39, 0.29) is 0 Å². The van der Waals surface area contributed by atoms with Crippen LogP contribution in [0.15, 0.2) is 179 Å². The van der Waals surface area contributed by atoms with Crippen molar-refractivity contribution in [2.75, 3.05) is 4.90 Å². The average Bonchev–Trinajstić information content (AvgIpc) is 3.73. The Labute approximate surface area is 271 Å². The molecule has 2 aromatic heterocycles. The van der Waals surface area contributed by atoms with Gasteiger partial charge in [-0.05, 0) is 76.9 Å². The lowest BCUT2D eigenvalue weighted by atomic mass is 9.99. The van der Waals surface area contributed by atoms with Gasteiger partial charge in [0.05, 0.1) is 11.1 Å². The Kier molecular flexibility index (Phi) is 6.43. The summed E-state index contributed by atoms with van der Waals surface area (Å²) in [6.45, 7) is 0. The van der Waals surface area contributed by atoms with Gasteiger partial charge in [0.25, 0.3) is 0 Å². The fraction of sp³-hybridized carbons (Fsp3) is 0. The molecule has 0 aliphatic heterocycles. The van der Waals surface area contributed by atoms with Crippen LogP contribution < -0.4 is 4.90 Å². The predicted molar refractivity (Wildman–Crippen MR) is 192 cm³/mol. The quantitative estimate of drug-likeness (QED) is 0.189. The molecule has 0 saturated carbocycles. The summed E-state index contributed by atoms with van der Waals surface area (Å²) in [4.78, 5) is 7.17. The van der Waals surface area contributed by atoms with E-state index in [1.165, 1.54) is 11.1 Å². The lowest BCUT2D eigenvalue weighted by Crippen LogP contribution is -2.10. The largest absolute Gasteiger partial charge is 0.456 e. The second-order valence-corrected chi connectivity index (χ2v) is 11.6. The number of para-hydroxylation sites is 1.